The van der Waals surface area contributed by atoms with Crippen LogP contribution in [-0.4, -0.2) is 26.8 Å². The van der Waals surface area contributed by atoms with Crippen LogP contribution < -0.4 is 10.9 Å². The van der Waals surface area contributed by atoms with Gasteiger partial charge in [0.1, 0.15) is 11.3 Å². The maximum atomic E-state index is 15.1. The van der Waals surface area contributed by atoms with Crippen molar-refractivity contribution in [1.82, 2.24) is 9.55 Å². The Morgan fingerprint density at radius 2 is 1.90 bits per heavy atom. The summed E-state index contributed by atoms with van der Waals surface area (Å²) in [5, 5.41) is 12.3. The van der Waals surface area contributed by atoms with Gasteiger partial charge in [0.25, 0.3) is 5.56 Å². The molecule has 3 aromatic rings. The Hall–Kier alpha value is -2.65. The number of halogens is 5. The van der Waals surface area contributed by atoms with Gasteiger partial charge in [-0.2, -0.15) is 17.6 Å². The maximum absolute atomic E-state index is 15.1. The third-order valence-corrected chi connectivity index (χ3v) is 5.22. The molecule has 152 valence electrons. The second kappa shape index (κ2) is 6.70. The average Bonchev–Trinajstić information content (AvgIpc) is 3.46. The molecule has 1 saturated carbocycles. The first-order chi connectivity index (χ1) is 13.7. The zero-order chi connectivity index (χ0) is 21.0. The minimum Gasteiger partial charge on any atom is -0.394 e. The molecule has 0 amide bonds. The molecule has 0 atom stereocenters. The molecule has 1 aliphatic rings. The lowest BCUT2D eigenvalue weighted by molar-refractivity contribution is -0.141. The summed E-state index contributed by atoms with van der Waals surface area (Å²) in [5.41, 5.74) is -3.92. The van der Waals surface area contributed by atoms with Crippen molar-refractivity contribution in [3.8, 4) is 5.69 Å². The quantitative estimate of drug-likeness (QED) is 0.614. The molecule has 1 aromatic carbocycles. The molecule has 5 nitrogen and oxygen atoms in total. The number of rotatable bonds is 4. The number of alkyl halides is 3. The Morgan fingerprint density at radius 1 is 1.21 bits per heavy atom. The van der Waals surface area contributed by atoms with Gasteiger partial charge in [-0.25, -0.2) is 4.98 Å². The number of anilines is 1. The van der Waals surface area contributed by atoms with Gasteiger partial charge in [0.2, 0.25) is 5.82 Å². The summed E-state index contributed by atoms with van der Waals surface area (Å²) >= 11 is 6.11. The van der Waals surface area contributed by atoms with Gasteiger partial charge in [-0.05, 0) is 37.1 Å². The van der Waals surface area contributed by atoms with Crippen LogP contribution in [0.1, 0.15) is 18.5 Å². The van der Waals surface area contributed by atoms with E-state index in [-0.39, 0.29) is 28.4 Å². The van der Waals surface area contributed by atoms with Gasteiger partial charge >= 0.3 is 6.18 Å². The summed E-state index contributed by atoms with van der Waals surface area (Å²) in [4.78, 5) is 16.4. The first-order valence-electron chi connectivity index (χ1n) is 8.63. The molecule has 2 heterocycles. The zero-order valence-corrected chi connectivity index (χ0v) is 15.5. The van der Waals surface area contributed by atoms with Crippen LogP contribution in [0.4, 0.5) is 23.2 Å². The van der Waals surface area contributed by atoms with E-state index in [1.54, 1.807) is 6.07 Å². The van der Waals surface area contributed by atoms with Crippen molar-refractivity contribution in [3.05, 3.63) is 63.3 Å². The van der Waals surface area contributed by atoms with Crippen LogP contribution in [0.5, 0.6) is 0 Å². The van der Waals surface area contributed by atoms with Crippen molar-refractivity contribution >= 4 is 28.3 Å². The molecule has 10 heteroatoms. The minimum absolute atomic E-state index is 0.00438. The van der Waals surface area contributed by atoms with E-state index in [9.17, 15) is 23.1 Å². The smallest absolute Gasteiger partial charge is 0.394 e. The Labute approximate surface area is 166 Å². The van der Waals surface area contributed by atoms with Crippen LogP contribution in [-0.2, 0) is 6.18 Å². The maximum Gasteiger partial charge on any atom is 0.433 e. The molecular weight excluding hydrogens is 414 g/mol. The van der Waals surface area contributed by atoms with E-state index >= 15 is 4.39 Å². The van der Waals surface area contributed by atoms with E-state index in [1.165, 1.54) is 18.2 Å². The molecule has 0 bridgehead atoms. The van der Waals surface area contributed by atoms with Gasteiger partial charge in [0.05, 0.1) is 28.5 Å². The predicted octanol–water partition coefficient (Wildman–Crippen LogP) is 4.13. The first-order valence-corrected chi connectivity index (χ1v) is 9.01. The van der Waals surface area contributed by atoms with Gasteiger partial charge in [0, 0.05) is 5.39 Å². The number of nitrogens with one attached hydrogen (secondary N) is 1. The van der Waals surface area contributed by atoms with Crippen LogP contribution in [0.2, 0.25) is 5.02 Å². The highest BCUT2D eigenvalue weighted by Gasteiger charge is 2.43. The molecule has 0 radical (unpaired) electrons. The van der Waals surface area contributed by atoms with E-state index in [0.29, 0.717) is 18.9 Å². The Morgan fingerprint density at radius 3 is 2.48 bits per heavy atom. The van der Waals surface area contributed by atoms with Crippen molar-refractivity contribution < 1.29 is 22.7 Å². The van der Waals surface area contributed by atoms with Crippen LogP contribution in [0, 0.1) is 5.82 Å². The Kier molecular flexibility index (Phi) is 4.54. The predicted molar refractivity (Wildman–Crippen MR) is 100.0 cm³/mol. The molecule has 29 heavy (non-hydrogen) atoms. The molecule has 0 saturated heterocycles. The monoisotopic (exact) mass is 427 g/mol. The molecular formula is C19H14ClF4N3O2. The van der Waals surface area contributed by atoms with Gasteiger partial charge in [0.15, 0.2) is 0 Å². The highest BCUT2D eigenvalue weighted by Crippen LogP contribution is 2.41. The fourth-order valence-electron chi connectivity index (χ4n) is 3.11. The van der Waals surface area contributed by atoms with Crippen molar-refractivity contribution in [2.75, 3.05) is 11.9 Å². The summed E-state index contributed by atoms with van der Waals surface area (Å²) in [6.07, 6.45) is -3.70. The molecule has 4 rings (SSSR count). The number of benzene rings is 1. The Balaban J connectivity index is 2.08. The number of nitrogens with zero attached hydrogens (tertiary/aromatic N) is 2. The molecule has 2 aromatic heterocycles. The topological polar surface area (TPSA) is 67.2 Å². The van der Waals surface area contributed by atoms with E-state index in [1.807, 2.05) is 0 Å². The summed E-state index contributed by atoms with van der Waals surface area (Å²) in [6.45, 7) is -0.310. The summed E-state index contributed by atoms with van der Waals surface area (Å²) in [7, 11) is 0. The fraction of sp³-hybridized carbons (Fsp3) is 0.263. The van der Waals surface area contributed by atoms with Crippen molar-refractivity contribution in [3.63, 3.8) is 0 Å². The highest BCUT2D eigenvalue weighted by atomic mass is 35.5. The first kappa shape index (κ1) is 19.7. The van der Waals surface area contributed by atoms with Gasteiger partial charge in [-0.1, -0.05) is 23.7 Å². The molecule has 0 unspecified atom stereocenters. The van der Waals surface area contributed by atoms with E-state index < -0.39 is 34.4 Å². The van der Waals surface area contributed by atoms with Crippen LogP contribution in [0.25, 0.3) is 16.7 Å². The van der Waals surface area contributed by atoms with E-state index in [2.05, 4.69) is 10.3 Å². The highest BCUT2D eigenvalue weighted by molar-refractivity contribution is 6.32. The molecule has 0 spiro atoms. The lowest BCUT2D eigenvalue weighted by atomic mass is 10.1. The number of aliphatic hydroxyl groups excluding tert-OH is 1. The summed E-state index contributed by atoms with van der Waals surface area (Å²) in [6, 6.07) is 7.66. The lowest BCUT2D eigenvalue weighted by Gasteiger charge is -2.21. The van der Waals surface area contributed by atoms with Crippen molar-refractivity contribution in [2.45, 2.75) is 24.6 Å². The third kappa shape index (κ3) is 3.34. The van der Waals surface area contributed by atoms with Gasteiger partial charge < -0.3 is 10.4 Å². The number of hydrogen-bond donors (Lipinski definition) is 2. The van der Waals surface area contributed by atoms with Crippen molar-refractivity contribution in [1.29, 1.82) is 0 Å². The molecule has 0 aliphatic heterocycles. The molecule has 1 fully saturated rings. The zero-order valence-electron chi connectivity index (χ0n) is 14.7. The summed E-state index contributed by atoms with van der Waals surface area (Å²) in [5.74, 6) is -1.20. The SMILES string of the molecule is O=c1c(F)c(NC2(CO)CC2)c2ccc(C(F)(F)F)nc2n1-c1ccccc1Cl. The van der Waals surface area contributed by atoms with E-state index in [4.69, 9.17) is 11.6 Å². The minimum atomic E-state index is -4.76. The third-order valence-electron chi connectivity index (χ3n) is 4.90. The normalized spacial score (nSPS) is 15.5. The number of fused-ring (bicyclic) bond motifs is 1. The Bertz CT molecular complexity index is 1170. The lowest BCUT2D eigenvalue weighted by Crippen LogP contribution is -2.31. The largest absolute Gasteiger partial charge is 0.433 e. The molecule has 2 N–H and O–H groups in total. The molecule has 1 aliphatic carbocycles. The van der Waals surface area contributed by atoms with Crippen LogP contribution in [0.3, 0.4) is 0 Å². The number of aromatic nitrogens is 2. The second-order valence-electron chi connectivity index (χ2n) is 6.91. The average molecular weight is 428 g/mol. The number of aliphatic hydroxyl groups is 1. The number of pyridine rings is 2. The van der Waals surface area contributed by atoms with Crippen LogP contribution in [0.15, 0.2) is 41.2 Å². The number of para-hydroxylation sites is 1. The summed E-state index contributed by atoms with van der Waals surface area (Å²) < 4.78 is 55.5. The van der Waals surface area contributed by atoms with Gasteiger partial charge in [-0.15, -0.1) is 0 Å². The van der Waals surface area contributed by atoms with E-state index in [0.717, 1.165) is 10.6 Å². The number of hydrogen-bond acceptors (Lipinski definition) is 4. The fourth-order valence-corrected chi connectivity index (χ4v) is 3.33. The van der Waals surface area contributed by atoms with Crippen molar-refractivity contribution in [2.24, 2.45) is 0 Å². The van der Waals surface area contributed by atoms with Crippen LogP contribution >= 0.6 is 11.6 Å². The second-order valence-corrected chi connectivity index (χ2v) is 7.32. The standard InChI is InChI=1S/C19H14ClF4N3O2/c20-11-3-1-2-4-12(11)27-16-10(5-6-13(25-16)19(22,23)24)15(14(21)17(27)29)26-18(9-28)7-8-18/h1-6,26,28H,7-9H2. The van der Waals surface area contributed by atoms with Gasteiger partial charge in [-0.3, -0.25) is 9.36 Å².